The molecule has 0 aliphatic carbocycles. The first-order valence-corrected chi connectivity index (χ1v) is 21.7. The zero-order valence-corrected chi connectivity index (χ0v) is 37.1. The van der Waals surface area contributed by atoms with E-state index in [1.54, 1.807) is 0 Å². The highest BCUT2D eigenvalue weighted by molar-refractivity contribution is 5.97. The number of primary amides is 2. The molecular formula is C41H67N11O12. The van der Waals surface area contributed by atoms with Crippen LogP contribution >= 0.6 is 0 Å². The predicted octanol–water partition coefficient (Wildman–Crippen LogP) is -2.37. The fourth-order valence-corrected chi connectivity index (χ4v) is 6.47. The topological polar surface area (TPSA) is 365 Å². The van der Waals surface area contributed by atoms with E-state index >= 15 is 0 Å². The first kappa shape index (κ1) is 54.0. The zero-order valence-electron chi connectivity index (χ0n) is 37.1. The smallest absolute Gasteiger partial charge is 0.328 e. The molecule has 1 saturated heterocycles. The van der Waals surface area contributed by atoms with E-state index in [-0.39, 0.29) is 37.9 Å². The van der Waals surface area contributed by atoms with E-state index in [2.05, 4.69) is 61.0 Å². The van der Waals surface area contributed by atoms with Crippen LogP contribution in [0.25, 0.3) is 0 Å². The number of nitrogens with zero attached hydrogens (tertiary/aromatic N) is 1. The van der Waals surface area contributed by atoms with Gasteiger partial charge in [-0.15, -0.1) is 0 Å². The summed E-state index contributed by atoms with van der Waals surface area (Å²) in [5.41, 5.74) is 10.5. The summed E-state index contributed by atoms with van der Waals surface area (Å²) in [6, 6.07) is -8.90. The number of nitrogens with one attached hydrogen (secondary N) is 8. The molecule has 2 heterocycles. The Morgan fingerprint density at radius 2 is 1.33 bits per heavy atom. The van der Waals surface area contributed by atoms with E-state index in [4.69, 9.17) is 16.2 Å². The quantitative estimate of drug-likeness (QED) is 0.0343. The number of H-pyrrole nitrogens is 1. The summed E-state index contributed by atoms with van der Waals surface area (Å²) < 4.78 is 5.32. The Morgan fingerprint density at radius 1 is 0.750 bits per heavy atom. The van der Waals surface area contributed by atoms with Gasteiger partial charge in [0.2, 0.25) is 53.2 Å². The van der Waals surface area contributed by atoms with Crippen LogP contribution in [-0.2, 0) is 59.1 Å². The number of aromatic amines is 1. The highest BCUT2D eigenvalue weighted by Gasteiger charge is 2.35. The van der Waals surface area contributed by atoms with Crippen LogP contribution < -0.4 is 48.7 Å². The molecule has 23 heteroatoms. The minimum absolute atomic E-state index is 0.151. The average Bonchev–Trinajstić information content (AvgIpc) is 3.74. The van der Waals surface area contributed by atoms with Crippen LogP contribution in [0.5, 0.6) is 0 Å². The van der Waals surface area contributed by atoms with Crippen molar-refractivity contribution in [2.24, 2.45) is 17.4 Å². The minimum atomic E-state index is -1.71. The molecule has 23 nitrogen and oxygen atoms in total. The number of carbonyl (C=O) groups is 10. The first-order chi connectivity index (χ1) is 30.3. The summed E-state index contributed by atoms with van der Waals surface area (Å²) in [5.74, 6) is -7.88. The Bertz CT molecular complexity index is 1740. The van der Waals surface area contributed by atoms with E-state index in [9.17, 15) is 53.1 Å². The Balaban J connectivity index is 2.10. The summed E-state index contributed by atoms with van der Waals surface area (Å²) in [5, 5.41) is 27.0. The molecule has 64 heavy (non-hydrogen) atoms. The molecule has 13 N–H and O–H groups in total. The van der Waals surface area contributed by atoms with Gasteiger partial charge >= 0.3 is 5.97 Å². The molecule has 0 radical (unpaired) electrons. The summed E-state index contributed by atoms with van der Waals surface area (Å²) in [6.07, 6.45) is 8.25. The maximum atomic E-state index is 13.7. The lowest BCUT2D eigenvalue weighted by molar-refractivity contribution is -0.150. The molecule has 0 spiro atoms. The SMILES string of the molecule is CC(C)CCCCCCCCCC(=O)N[C@H](C(=O)NCC(=O)N[C@H](C)C(=O)N[C@@H]1COC(=O)[C@H](CCC(N)=O)NC(=O)[C@H](CCC(N)=O)NC(=O)[C@H](Cc2ncc[nH]2)NC1=O)[C@@H](C)O. The summed E-state index contributed by atoms with van der Waals surface area (Å²) in [7, 11) is 0. The highest BCUT2D eigenvalue weighted by Crippen LogP contribution is 2.13. The van der Waals surface area contributed by atoms with E-state index in [1.807, 2.05) is 0 Å². The number of rotatable bonds is 26. The third kappa shape index (κ3) is 21.3. The summed E-state index contributed by atoms with van der Waals surface area (Å²) in [4.78, 5) is 136. The van der Waals surface area contributed by atoms with E-state index < -0.39 is 121 Å². The van der Waals surface area contributed by atoms with Crippen LogP contribution in [0.15, 0.2) is 12.4 Å². The fourth-order valence-electron chi connectivity index (χ4n) is 6.47. The minimum Gasteiger partial charge on any atom is -0.461 e. The number of imidazole rings is 1. The summed E-state index contributed by atoms with van der Waals surface area (Å²) >= 11 is 0. The molecule has 1 fully saturated rings. The number of hydrogen-bond acceptors (Lipinski definition) is 13. The molecular weight excluding hydrogens is 839 g/mol. The van der Waals surface area contributed by atoms with Gasteiger partial charge in [-0.1, -0.05) is 58.8 Å². The van der Waals surface area contributed by atoms with Crippen LogP contribution in [0, 0.1) is 5.92 Å². The largest absolute Gasteiger partial charge is 0.461 e. The molecule has 2 rings (SSSR count). The van der Waals surface area contributed by atoms with Gasteiger partial charge in [0.15, 0.2) is 0 Å². The molecule has 358 valence electrons. The van der Waals surface area contributed by atoms with Crippen molar-refractivity contribution in [3.05, 3.63) is 18.2 Å². The van der Waals surface area contributed by atoms with Gasteiger partial charge in [0.05, 0.1) is 12.6 Å². The number of hydrogen-bond donors (Lipinski definition) is 11. The molecule has 0 bridgehead atoms. The number of aliphatic hydroxyl groups is 1. The number of aliphatic hydroxyl groups excluding tert-OH is 1. The standard InChI is InChI=1S/C41H67N11O12/c1-23(2)12-10-8-6-5-7-9-11-13-33(56)52-35(25(4)53)40(62)46-21-34(57)47-24(3)36(58)51-29-22-64-41(63)27(15-17-31(43)55)49-37(59)26(14-16-30(42)54)48-38(60)28(50-39(29)61)20-32-44-18-19-45-32/h18-19,23-29,35,53H,5-17,20-22H2,1-4H3,(H2,42,54)(H2,43,55)(H,44,45)(H,46,62)(H,47,57)(H,48,60)(H,49,59)(H,50,61)(H,51,58)(H,52,56)/t24-,25-,26+,27+,28+,29-,35+/m1/s1. The van der Waals surface area contributed by atoms with Crippen molar-refractivity contribution in [2.45, 2.75) is 160 Å². The van der Waals surface area contributed by atoms with Crippen LogP contribution in [-0.4, -0.2) is 130 Å². The van der Waals surface area contributed by atoms with E-state index in [0.717, 1.165) is 25.7 Å². The number of cyclic esters (lactones) is 1. The third-order valence-corrected chi connectivity index (χ3v) is 10.2. The van der Waals surface area contributed by atoms with Crippen LogP contribution in [0.3, 0.4) is 0 Å². The lowest BCUT2D eigenvalue weighted by Gasteiger charge is -2.25. The molecule has 1 aliphatic rings. The summed E-state index contributed by atoms with van der Waals surface area (Å²) in [6.45, 7) is 5.43. The third-order valence-electron chi connectivity index (χ3n) is 10.2. The molecule has 0 saturated carbocycles. The van der Waals surface area contributed by atoms with Crippen molar-refractivity contribution in [3.8, 4) is 0 Å². The van der Waals surface area contributed by atoms with Crippen molar-refractivity contribution < 1.29 is 57.8 Å². The van der Waals surface area contributed by atoms with Crippen molar-refractivity contribution in [1.29, 1.82) is 0 Å². The lowest BCUT2D eigenvalue weighted by atomic mass is 10.0. The molecule has 1 aliphatic heterocycles. The number of ether oxygens (including phenoxy) is 1. The Labute approximate surface area is 372 Å². The normalized spacial score (nSPS) is 19.7. The van der Waals surface area contributed by atoms with Crippen molar-refractivity contribution in [3.63, 3.8) is 0 Å². The number of unbranched alkanes of at least 4 members (excludes halogenated alkanes) is 6. The van der Waals surface area contributed by atoms with Gasteiger partial charge in [-0.3, -0.25) is 43.2 Å². The van der Waals surface area contributed by atoms with Gasteiger partial charge in [0, 0.05) is 38.1 Å². The number of carbonyl (C=O) groups excluding carboxylic acids is 10. The van der Waals surface area contributed by atoms with Crippen molar-refractivity contribution in [2.75, 3.05) is 13.2 Å². The molecule has 7 atom stereocenters. The van der Waals surface area contributed by atoms with Crippen molar-refractivity contribution in [1.82, 2.24) is 47.2 Å². The van der Waals surface area contributed by atoms with Crippen LogP contribution in [0.2, 0.25) is 0 Å². The van der Waals surface area contributed by atoms with Crippen LogP contribution in [0.1, 0.15) is 117 Å². The number of esters is 1. The number of nitrogens with two attached hydrogens (primary N) is 2. The van der Waals surface area contributed by atoms with E-state index in [0.29, 0.717) is 12.3 Å². The van der Waals surface area contributed by atoms with Crippen LogP contribution in [0.4, 0.5) is 0 Å². The second-order valence-corrected chi connectivity index (χ2v) is 16.3. The monoisotopic (exact) mass is 905 g/mol. The Morgan fingerprint density at radius 3 is 1.92 bits per heavy atom. The maximum absolute atomic E-state index is 13.7. The molecule has 1 aromatic heterocycles. The number of amides is 9. The first-order valence-electron chi connectivity index (χ1n) is 21.7. The molecule has 0 unspecified atom stereocenters. The average molecular weight is 906 g/mol. The lowest BCUT2D eigenvalue weighted by Crippen LogP contribution is -2.59. The zero-order chi connectivity index (χ0) is 47.8. The van der Waals surface area contributed by atoms with Gasteiger partial charge in [-0.05, 0) is 39.0 Å². The molecule has 0 aromatic carbocycles. The van der Waals surface area contributed by atoms with Gasteiger partial charge in [-0.25, -0.2) is 9.78 Å². The van der Waals surface area contributed by atoms with Gasteiger partial charge in [0.25, 0.3) is 0 Å². The predicted molar refractivity (Wildman–Crippen MR) is 228 cm³/mol. The van der Waals surface area contributed by atoms with Crippen molar-refractivity contribution >= 4 is 59.1 Å². The van der Waals surface area contributed by atoms with E-state index in [1.165, 1.54) is 45.5 Å². The Kier molecular flexibility index (Phi) is 24.1. The van der Waals surface area contributed by atoms with Gasteiger partial charge < -0.3 is 63.5 Å². The highest BCUT2D eigenvalue weighted by atomic mass is 16.5. The van der Waals surface area contributed by atoms with Gasteiger partial charge in [-0.2, -0.15) is 0 Å². The van der Waals surface area contributed by atoms with Gasteiger partial charge in [0.1, 0.15) is 48.7 Å². The number of aromatic nitrogens is 2. The fraction of sp³-hybridized carbons (Fsp3) is 0.683. The molecule has 9 amide bonds. The Hall–Kier alpha value is -6.13. The molecule has 1 aromatic rings. The second-order valence-electron chi connectivity index (χ2n) is 16.3. The second kappa shape index (κ2) is 28.5. The maximum Gasteiger partial charge on any atom is 0.328 e.